The lowest BCUT2D eigenvalue weighted by Gasteiger charge is -2.25. The van der Waals surface area contributed by atoms with Gasteiger partial charge in [-0.05, 0) is 31.2 Å². The molecule has 0 atom stereocenters. The molecule has 5 heteroatoms. The van der Waals surface area contributed by atoms with Crippen molar-refractivity contribution in [2.75, 3.05) is 27.2 Å². The van der Waals surface area contributed by atoms with Crippen LogP contribution in [0.3, 0.4) is 0 Å². The van der Waals surface area contributed by atoms with Crippen molar-refractivity contribution in [1.29, 1.82) is 0 Å². The fraction of sp³-hybridized carbons (Fsp3) is 0.857. The van der Waals surface area contributed by atoms with Crippen molar-refractivity contribution < 1.29 is 14.3 Å². The molecule has 0 spiro atoms. The van der Waals surface area contributed by atoms with E-state index in [9.17, 15) is 9.59 Å². The lowest BCUT2D eigenvalue weighted by molar-refractivity contribution is -0.141. The molecule has 0 bridgehead atoms. The molecule has 0 aliphatic heterocycles. The van der Waals surface area contributed by atoms with Crippen molar-refractivity contribution >= 4 is 11.9 Å². The smallest absolute Gasteiger partial charge is 0.305 e. The largest absolute Gasteiger partial charge is 0.469 e. The van der Waals surface area contributed by atoms with Gasteiger partial charge in [0.05, 0.1) is 7.11 Å². The zero-order chi connectivity index (χ0) is 14.9. The zero-order valence-corrected chi connectivity index (χ0v) is 12.7. The lowest BCUT2D eigenvalue weighted by atomic mass is 9.84. The number of esters is 1. The van der Waals surface area contributed by atoms with Crippen molar-refractivity contribution in [3.8, 4) is 0 Å². The highest BCUT2D eigenvalue weighted by Crippen LogP contribution is 2.26. The fourth-order valence-electron chi connectivity index (χ4n) is 1.84. The van der Waals surface area contributed by atoms with Crippen LogP contribution < -0.4 is 5.73 Å². The van der Waals surface area contributed by atoms with E-state index in [1.807, 2.05) is 0 Å². The minimum atomic E-state index is -0.232. The summed E-state index contributed by atoms with van der Waals surface area (Å²) in [5.41, 5.74) is 5.66. The second-order valence-electron chi connectivity index (χ2n) is 5.70. The van der Waals surface area contributed by atoms with E-state index in [1.165, 1.54) is 7.11 Å². The van der Waals surface area contributed by atoms with Gasteiger partial charge < -0.3 is 15.4 Å². The Morgan fingerprint density at radius 1 is 1.21 bits per heavy atom. The molecule has 0 saturated heterocycles. The molecule has 0 aliphatic carbocycles. The molecular formula is C14H28N2O3. The molecule has 0 radical (unpaired) electrons. The van der Waals surface area contributed by atoms with E-state index in [4.69, 9.17) is 5.73 Å². The number of hydrogen-bond acceptors (Lipinski definition) is 4. The molecule has 0 heterocycles. The Hall–Kier alpha value is -1.10. The van der Waals surface area contributed by atoms with Gasteiger partial charge in [0.25, 0.3) is 0 Å². The molecule has 0 aromatic heterocycles. The summed E-state index contributed by atoms with van der Waals surface area (Å²) in [7, 11) is 3.15. The third-order valence-corrected chi connectivity index (χ3v) is 3.36. The standard InChI is InChI=1S/C14H28N2O3/c1-14(2,9-10-15)8-7-12(17)16(3)11-5-6-13(18)19-4/h5-11,15H2,1-4H3. The van der Waals surface area contributed by atoms with Crippen LogP contribution in [0.15, 0.2) is 0 Å². The maximum atomic E-state index is 11.9. The van der Waals surface area contributed by atoms with E-state index in [0.29, 0.717) is 32.4 Å². The number of amides is 1. The number of nitrogens with two attached hydrogens (primary N) is 1. The van der Waals surface area contributed by atoms with Crippen LogP contribution in [0, 0.1) is 5.41 Å². The predicted molar refractivity (Wildman–Crippen MR) is 75.6 cm³/mol. The number of ether oxygens (including phenoxy) is 1. The minimum absolute atomic E-state index is 0.108. The van der Waals surface area contributed by atoms with Gasteiger partial charge in [0.1, 0.15) is 0 Å². The van der Waals surface area contributed by atoms with E-state index in [1.54, 1.807) is 11.9 Å². The van der Waals surface area contributed by atoms with Crippen molar-refractivity contribution in [3.05, 3.63) is 0 Å². The Morgan fingerprint density at radius 3 is 2.37 bits per heavy atom. The SMILES string of the molecule is COC(=O)CCCN(C)C(=O)CCC(C)(C)CCN. The third kappa shape index (κ3) is 8.59. The van der Waals surface area contributed by atoms with Crippen molar-refractivity contribution in [1.82, 2.24) is 4.90 Å². The Morgan fingerprint density at radius 2 is 1.84 bits per heavy atom. The molecule has 0 saturated carbocycles. The topological polar surface area (TPSA) is 72.6 Å². The summed E-state index contributed by atoms with van der Waals surface area (Å²) in [4.78, 5) is 24.6. The first-order valence-corrected chi connectivity index (χ1v) is 6.83. The van der Waals surface area contributed by atoms with Crippen LogP contribution in [0.5, 0.6) is 0 Å². The number of nitrogens with zero attached hydrogens (tertiary/aromatic N) is 1. The fourth-order valence-corrected chi connectivity index (χ4v) is 1.84. The highest BCUT2D eigenvalue weighted by molar-refractivity contribution is 5.76. The van der Waals surface area contributed by atoms with Crippen LogP contribution in [-0.2, 0) is 14.3 Å². The summed E-state index contributed by atoms with van der Waals surface area (Å²) < 4.78 is 4.56. The number of hydrogen-bond donors (Lipinski definition) is 1. The average Bonchev–Trinajstić information content (AvgIpc) is 2.35. The van der Waals surface area contributed by atoms with Gasteiger partial charge in [-0.2, -0.15) is 0 Å². The van der Waals surface area contributed by atoms with Gasteiger partial charge in [0, 0.05) is 26.4 Å². The number of carbonyl (C=O) groups is 2. The molecule has 112 valence electrons. The first-order valence-electron chi connectivity index (χ1n) is 6.83. The monoisotopic (exact) mass is 272 g/mol. The van der Waals surface area contributed by atoms with Gasteiger partial charge in [-0.1, -0.05) is 13.8 Å². The first-order chi connectivity index (χ1) is 8.82. The minimum Gasteiger partial charge on any atom is -0.469 e. The summed E-state index contributed by atoms with van der Waals surface area (Å²) >= 11 is 0. The van der Waals surface area contributed by atoms with Gasteiger partial charge >= 0.3 is 5.97 Å². The highest BCUT2D eigenvalue weighted by Gasteiger charge is 2.19. The van der Waals surface area contributed by atoms with Crippen LogP contribution in [0.25, 0.3) is 0 Å². The average molecular weight is 272 g/mol. The van der Waals surface area contributed by atoms with E-state index in [2.05, 4.69) is 18.6 Å². The van der Waals surface area contributed by atoms with Crippen LogP contribution in [-0.4, -0.2) is 44.0 Å². The molecule has 19 heavy (non-hydrogen) atoms. The van der Waals surface area contributed by atoms with E-state index in [-0.39, 0.29) is 17.3 Å². The molecule has 2 N–H and O–H groups in total. The third-order valence-electron chi connectivity index (χ3n) is 3.36. The molecule has 0 aromatic rings. The summed E-state index contributed by atoms with van der Waals surface area (Å²) in [6.45, 7) is 5.50. The summed E-state index contributed by atoms with van der Waals surface area (Å²) in [6, 6.07) is 0. The normalized spacial score (nSPS) is 11.2. The van der Waals surface area contributed by atoms with Gasteiger partial charge in [-0.3, -0.25) is 9.59 Å². The predicted octanol–water partition coefficient (Wildman–Crippen LogP) is 1.55. The molecular weight excluding hydrogens is 244 g/mol. The summed E-state index contributed by atoms with van der Waals surface area (Å²) in [5.74, 6) is -0.111. The maximum absolute atomic E-state index is 11.9. The quantitative estimate of drug-likeness (QED) is 0.646. The van der Waals surface area contributed by atoms with Gasteiger partial charge in [-0.15, -0.1) is 0 Å². The number of rotatable bonds is 9. The summed E-state index contributed by atoms with van der Waals surface area (Å²) in [5, 5.41) is 0. The van der Waals surface area contributed by atoms with Crippen molar-refractivity contribution in [2.45, 2.75) is 46.0 Å². The number of methoxy groups -OCH3 is 1. The summed E-state index contributed by atoms with van der Waals surface area (Å²) in [6.07, 6.45) is 3.28. The van der Waals surface area contributed by atoms with Crippen molar-refractivity contribution in [2.24, 2.45) is 11.1 Å². The molecule has 0 aliphatic rings. The van der Waals surface area contributed by atoms with Gasteiger partial charge in [-0.25, -0.2) is 0 Å². The maximum Gasteiger partial charge on any atom is 0.305 e. The first kappa shape index (κ1) is 17.9. The van der Waals surface area contributed by atoms with E-state index < -0.39 is 0 Å². The number of carbonyl (C=O) groups excluding carboxylic acids is 2. The Balaban J connectivity index is 3.91. The molecule has 5 nitrogen and oxygen atoms in total. The Kier molecular flexibility index (Phi) is 8.39. The molecule has 1 amide bonds. The second-order valence-corrected chi connectivity index (χ2v) is 5.70. The van der Waals surface area contributed by atoms with E-state index in [0.717, 1.165) is 12.8 Å². The van der Waals surface area contributed by atoms with Crippen LogP contribution in [0.1, 0.15) is 46.0 Å². The van der Waals surface area contributed by atoms with Crippen LogP contribution in [0.2, 0.25) is 0 Å². The van der Waals surface area contributed by atoms with Gasteiger partial charge in [0.15, 0.2) is 0 Å². The van der Waals surface area contributed by atoms with Crippen LogP contribution >= 0.6 is 0 Å². The van der Waals surface area contributed by atoms with Crippen molar-refractivity contribution in [3.63, 3.8) is 0 Å². The lowest BCUT2D eigenvalue weighted by Crippen LogP contribution is -2.29. The molecule has 0 unspecified atom stereocenters. The zero-order valence-electron chi connectivity index (χ0n) is 12.7. The van der Waals surface area contributed by atoms with E-state index >= 15 is 0 Å². The second kappa shape index (κ2) is 8.91. The Bertz CT molecular complexity index is 290. The molecule has 0 fully saturated rings. The highest BCUT2D eigenvalue weighted by atomic mass is 16.5. The van der Waals surface area contributed by atoms with Gasteiger partial charge in [0.2, 0.25) is 5.91 Å². The Labute approximate surface area is 116 Å². The molecule has 0 rings (SSSR count). The molecule has 0 aromatic carbocycles. The van der Waals surface area contributed by atoms with Crippen LogP contribution in [0.4, 0.5) is 0 Å².